The van der Waals surface area contributed by atoms with Crippen LogP contribution in [0.1, 0.15) is 6.42 Å². The van der Waals surface area contributed by atoms with Gasteiger partial charge in [0.15, 0.2) is 0 Å². The molecular formula is C16H31N3O8Si. The maximum Gasteiger partial charge on any atom is 0.500 e. The maximum atomic E-state index is 11.8. The largest absolute Gasteiger partial charge is 0.500 e. The third-order valence-corrected chi connectivity index (χ3v) is 6.49. The van der Waals surface area contributed by atoms with Crippen molar-refractivity contribution in [2.45, 2.75) is 12.5 Å². The molecule has 0 bridgehead atoms. The van der Waals surface area contributed by atoms with E-state index in [0.29, 0.717) is 19.0 Å². The number of hydrogen-bond acceptors (Lipinski definition) is 8. The van der Waals surface area contributed by atoms with Crippen LogP contribution < -0.4 is 10.6 Å². The number of likely N-dealkylation sites (N-methyl/N-ethyl adjacent to an activating group) is 1. The van der Waals surface area contributed by atoms with Crippen molar-refractivity contribution in [3.05, 3.63) is 12.7 Å². The fourth-order valence-electron chi connectivity index (χ4n) is 1.98. The lowest BCUT2D eigenvalue weighted by molar-refractivity contribution is -0.137. The van der Waals surface area contributed by atoms with Crippen molar-refractivity contribution in [3.8, 4) is 0 Å². The number of hydrogen-bond donors (Lipinski definition) is 2. The van der Waals surface area contributed by atoms with Gasteiger partial charge in [-0.25, -0.2) is 14.4 Å². The Bertz CT molecular complexity index is 494. The van der Waals surface area contributed by atoms with Crippen LogP contribution in [0.2, 0.25) is 6.04 Å². The Morgan fingerprint density at radius 1 is 1.00 bits per heavy atom. The average Bonchev–Trinajstić information content (AvgIpc) is 2.71. The fourth-order valence-corrected chi connectivity index (χ4v) is 3.71. The molecule has 0 aliphatic carbocycles. The predicted molar refractivity (Wildman–Crippen MR) is 103 cm³/mol. The normalized spacial score (nSPS) is 10.7. The first-order valence-electron chi connectivity index (χ1n) is 8.68. The van der Waals surface area contributed by atoms with Crippen molar-refractivity contribution < 1.29 is 37.1 Å². The number of nitrogens with one attached hydrogen (secondary N) is 2. The summed E-state index contributed by atoms with van der Waals surface area (Å²) in [5, 5.41) is 5.17. The molecule has 0 saturated heterocycles. The van der Waals surface area contributed by atoms with Gasteiger partial charge in [0, 0.05) is 47.0 Å². The smallest absolute Gasteiger partial charge is 0.461 e. The van der Waals surface area contributed by atoms with E-state index in [9.17, 15) is 14.4 Å². The standard InChI is InChI=1S/C16H31N3O8Si/c1-6-14(20)26-11-9-17-15(21)19(2)10-12-27-16(22)18-8-7-13-28(23-3,24-4)25-5/h6H,1,7-13H2,2-5H3,(H,17,21)(H,18,22). The summed E-state index contributed by atoms with van der Waals surface area (Å²) < 4.78 is 25.6. The van der Waals surface area contributed by atoms with Gasteiger partial charge in [-0.05, 0) is 6.42 Å². The van der Waals surface area contributed by atoms with E-state index in [1.807, 2.05) is 0 Å². The van der Waals surface area contributed by atoms with Crippen LogP contribution in [0.3, 0.4) is 0 Å². The Morgan fingerprint density at radius 2 is 1.64 bits per heavy atom. The summed E-state index contributed by atoms with van der Waals surface area (Å²) in [5.74, 6) is -0.554. The molecule has 0 aliphatic rings. The first-order chi connectivity index (χ1) is 13.3. The minimum atomic E-state index is -2.64. The highest BCUT2D eigenvalue weighted by Gasteiger charge is 2.36. The van der Waals surface area contributed by atoms with Gasteiger partial charge in [-0.15, -0.1) is 0 Å². The molecule has 0 aliphatic heterocycles. The third-order valence-electron chi connectivity index (χ3n) is 3.66. The van der Waals surface area contributed by atoms with E-state index in [1.54, 1.807) is 7.05 Å². The molecule has 0 heterocycles. The number of alkyl carbamates (subject to hydrolysis) is 1. The van der Waals surface area contributed by atoms with Crippen LogP contribution in [0.15, 0.2) is 12.7 Å². The Labute approximate surface area is 166 Å². The van der Waals surface area contributed by atoms with E-state index >= 15 is 0 Å². The van der Waals surface area contributed by atoms with Crippen LogP contribution in [0.5, 0.6) is 0 Å². The van der Waals surface area contributed by atoms with E-state index in [1.165, 1.54) is 26.2 Å². The number of nitrogens with zero attached hydrogens (tertiary/aromatic N) is 1. The van der Waals surface area contributed by atoms with Crippen LogP contribution in [0.25, 0.3) is 0 Å². The van der Waals surface area contributed by atoms with Gasteiger partial charge in [0.1, 0.15) is 13.2 Å². The van der Waals surface area contributed by atoms with Crippen molar-refractivity contribution in [3.63, 3.8) is 0 Å². The van der Waals surface area contributed by atoms with Crippen molar-refractivity contribution in [1.82, 2.24) is 15.5 Å². The fraction of sp³-hybridized carbons (Fsp3) is 0.688. The third kappa shape index (κ3) is 10.9. The van der Waals surface area contributed by atoms with Crippen molar-refractivity contribution in [1.29, 1.82) is 0 Å². The summed E-state index contributed by atoms with van der Waals surface area (Å²) in [7, 11) is 3.50. The molecule has 162 valence electrons. The van der Waals surface area contributed by atoms with Gasteiger partial charge in [-0.2, -0.15) is 0 Å². The van der Waals surface area contributed by atoms with Crippen LogP contribution in [-0.4, -0.2) is 93.0 Å². The average molecular weight is 422 g/mol. The van der Waals surface area contributed by atoms with E-state index in [-0.39, 0.29) is 32.3 Å². The number of urea groups is 1. The molecule has 0 radical (unpaired) electrons. The Balaban J connectivity index is 3.85. The van der Waals surface area contributed by atoms with Gasteiger partial charge >= 0.3 is 26.9 Å². The first kappa shape index (κ1) is 25.8. The monoisotopic (exact) mass is 421 g/mol. The quantitative estimate of drug-likeness (QED) is 0.178. The molecule has 28 heavy (non-hydrogen) atoms. The zero-order valence-electron chi connectivity index (χ0n) is 16.9. The number of ether oxygens (including phenoxy) is 2. The van der Waals surface area contributed by atoms with Gasteiger partial charge in [0.05, 0.1) is 13.1 Å². The molecule has 11 nitrogen and oxygen atoms in total. The molecule has 2 N–H and O–H groups in total. The maximum absolute atomic E-state index is 11.8. The molecular weight excluding hydrogens is 390 g/mol. The molecule has 12 heteroatoms. The van der Waals surface area contributed by atoms with Gasteiger partial charge in [-0.1, -0.05) is 6.58 Å². The first-order valence-corrected chi connectivity index (χ1v) is 10.6. The lowest BCUT2D eigenvalue weighted by Crippen LogP contribution is -2.43. The number of carbonyl (C=O) groups excluding carboxylic acids is 3. The second-order valence-corrected chi connectivity index (χ2v) is 8.58. The summed E-state index contributed by atoms with van der Waals surface area (Å²) in [5.41, 5.74) is 0. The van der Waals surface area contributed by atoms with Crippen LogP contribution in [0.4, 0.5) is 9.59 Å². The molecule has 0 aromatic rings. The summed E-state index contributed by atoms with van der Waals surface area (Å²) >= 11 is 0. The van der Waals surface area contributed by atoms with Gasteiger partial charge in [0.25, 0.3) is 0 Å². The van der Waals surface area contributed by atoms with Crippen molar-refractivity contribution in [2.75, 3.05) is 61.2 Å². The number of esters is 1. The summed E-state index contributed by atoms with van der Waals surface area (Å²) in [6.45, 7) is 4.10. The van der Waals surface area contributed by atoms with E-state index < -0.39 is 20.9 Å². The molecule has 0 aromatic heterocycles. The SMILES string of the molecule is C=CC(=O)OCCNC(=O)N(C)CCOC(=O)NCCC[Si](OC)(OC)OC. The van der Waals surface area contributed by atoms with Crippen molar-refractivity contribution in [2.24, 2.45) is 0 Å². The molecule has 0 spiro atoms. The Hall–Kier alpha value is -2.15. The Kier molecular flexibility index (Phi) is 13.7. The van der Waals surface area contributed by atoms with Crippen LogP contribution in [-0.2, 0) is 27.5 Å². The molecule has 0 saturated carbocycles. The molecule has 0 fully saturated rings. The van der Waals surface area contributed by atoms with Gasteiger partial charge in [-0.3, -0.25) is 0 Å². The second kappa shape index (κ2) is 14.8. The molecule has 0 atom stereocenters. The topological polar surface area (TPSA) is 125 Å². The molecule has 0 rings (SSSR count). The van der Waals surface area contributed by atoms with Crippen molar-refractivity contribution >= 4 is 26.9 Å². The van der Waals surface area contributed by atoms with E-state index in [4.69, 9.17) is 22.8 Å². The predicted octanol–water partition coefficient (Wildman–Crippen LogP) is 0.351. The number of rotatable bonds is 14. The summed E-state index contributed by atoms with van der Waals surface area (Å²) in [6, 6.07) is 0.181. The van der Waals surface area contributed by atoms with E-state index in [2.05, 4.69) is 17.2 Å². The molecule has 0 unspecified atom stereocenters. The number of carbonyl (C=O) groups is 3. The molecule has 0 aromatic carbocycles. The highest BCUT2D eigenvalue weighted by Crippen LogP contribution is 2.14. The minimum absolute atomic E-state index is 0.0358. The lowest BCUT2D eigenvalue weighted by Gasteiger charge is -2.24. The Morgan fingerprint density at radius 3 is 2.21 bits per heavy atom. The highest BCUT2D eigenvalue weighted by atomic mass is 28.4. The zero-order valence-corrected chi connectivity index (χ0v) is 17.9. The lowest BCUT2D eigenvalue weighted by atomic mass is 10.5. The minimum Gasteiger partial charge on any atom is -0.461 e. The van der Waals surface area contributed by atoms with Crippen LogP contribution >= 0.6 is 0 Å². The van der Waals surface area contributed by atoms with Gasteiger partial charge in [0.2, 0.25) is 0 Å². The van der Waals surface area contributed by atoms with Gasteiger partial charge < -0.3 is 38.3 Å². The zero-order chi connectivity index (χ0) is 21.4. The number of amides is 3. The van der Waals surface area contributed by atoms with E-state index in [0.717, 1.165) is 6.08 Å². The summed E-state index contributed by atoms with van der Waals surface area (Å²) in [4.78, 5) is 35.6. The molecule has 3 amide bonds. The second-order valence-electron chi connectivity index (χ2n) is 5.49. The summed E-state index contributed by atoms with van der Waals surface area (Å²) in [6.07, 6.45) is 1.07. The highest BCUT2D eigenvalue weighted by molar-refractivity contribution is 6.60. The van der Waals surface area contributed by atoms with Crippen LogP contribution in [0, 0.1) is 0 Å².